The van der Waals surface area contributed by atoms with Gasteiger partial charge in [-0.25, -0.2) is 21.9 Å². The van der Waals surface area contributed by atoms with Crippen molar-refractivity contribution in [1.29, 1.82) is 0 Å². The van der Waals surface area contributed by atoms with Gasteiger partial charge in [0.05, 0.1) is 17.6 Å². The second kappa shape index (κ2) is 8.81. The first-order chi connectivity index (χ1) is 13.1. The van der Waals surface area contributed by atoms with Crippen molar-refractivity contribution in [3.05, 3.63) is 53.8 Å². The average Bonchev–Trinajstić information content (AvgIpc) is 2.66. The largest absolute Gasteiger partial charge is 0.497 e. The molecule has 0 spiro atoms. The van der Waals surface area contributed by atoms with Crippen molar-refractivity contribution in [2.24, 2.45) is 0 Å². The summed E-state index contributed by atoms with van der Waals surface area (Å²) in [5.41, 5.74) is -0.164. The van der Waals surface area contributed by atoms with Crippen LogP contribution in [-0.2, 0) is 19.6 Å². The number of methoxy groups -OCH3 is 1. The molecule has 0 saturated carbocycles. The van der Waals surface area contributed by atoms with Gasteiger partial charge in [0.25, 0.3) is 5.91 Å². The summed E-state index contributed by atoms with van der Waals surface area (Å²) < 4.78 is 48.9. The molecule has 0 aliphatic rings. The third kappa shape index (κ3) is 5.05. The highest BCUT2D eigenvalue weighted by Crippen LogP contribution is 2.19. The van der Waals surface area contributed by atoms with Crippen molar-refractivity contribution >= 4 is 27.6 Å². The number of esters is 1. The number of nitrogens with zero attached hydrogens (tertiary/aromatic N) is 1. The summed E-state index contributed by atoms with van der Waals surface area (Å²) in [5, 5.41) is 2.50. The van der Waals surface area contributed by atoms with Crippen LogP contribution in [0.2, 0.25) is 0 Å². The number of hydrogen-bond acceptors (Lipinski definition) is 6. The van der Waals surface area contributed by atoms with E-state index in [1.54, 1.807) is 24.3 Å². The Morgan fingerprint density at radius 1 is 1.14 bits per heavy atom. The van der Waals surface area contributed by atoms with Crippen LogP contribution in [0.4, 0.5) is 10.1 Å². The molecule has 0 unspecified atom stereocenters. The fourth-order valence-electron chi connectivity index (χ4n) is 2.14. The Kier molecular flexibility index (Phi) is 6.71. The number of nitrogens with one attached hydrogen (secondary N) is 1. The minimum Gasteiger partial charge on any atom is -0.497 e. The van der Waals surface area contributed by atoms with E-state index in [4.69, 9.17) is 9.47 Å². The van der Waals surface area contributed by atoms with Crippen molar-refractivity contribution in [3.63, 3.8) is 0 Å². The lowest BCUT2D eigenvalue weighted by atomic mass is 10.2. The number of carbonyl (C=O) groups excluding carboxylic acids is 2. The van der Waals surface area contributed by atoms with E-state index in [0.717, 1.165) is 22.5 Å². The lowest BCUT2D eigenvalue weighted by Gasteiger charge is -2.12. The smallest absolute Gasteiger partial charge is 0.341 e. The average molecular weight is 410 g/mol. The van der Waals surface area contributed by atoms with Crippen molar-refractivity contribution < 1.29 is 31.9 Å². The Morgan fingerprint density at radius 3 is 2.50 bits per heavy atom. The minimum atomic E-state index is -3.86. The predicted molar refractivity (Wildman–Crippen MR) is 99.2 cm³/mol. The third-order valence-electron chi connectivity index (χ3n) is 3.62. The van der Waals surface area contributed by atoms with Gasteiger partial charge in [0.15, 0.2) is 6.61 Å². The van der Waals surface area contributed by atoms with Gasteiger partial charge in [0.1, 0.15) is 11.6 Å². The second-order valence-electron chi connectivity index (χ2n) is 5.79. The molecule has 0 heterocycles. The van der Waals surface area contributed by atoms with Crippen molar-refractivity contribution in [2.75, 3.05) is 33.1 Å². The van der Waals surface area contributed by atoms with Gasteiger partial charge < -0.3 is 14.8 Å². The molecule has 1 amide bonds. The minimum absolute atomic E-state index is 0.272. The Labute approximate surface area is 161 Å². The number of anilines is 1. The zero-order valence-corrected chi connectivity index (χ0v) is 16.2. The lowest BCUT2D eigenvalue weighted by Crippen LogP contribution is -2.23. The second-order valence-corrected chi connectivity index (χ2v) is 7.94. The van der Waals surface area contributed by atoms with E-state index >= 15 is 0 Å². The molecule has 1 N–H and O–H groups in total. The molecule has 0 saturated heterocycles. The Balaban J connectivity index is 2.07. The number of carbonyl (C=O) groups is 2. The van der Waals surface area contributed by atoms with Gasteiger partial charge in [0.2, 0.25) is 10.0 Å². The van der Waals surface area contributed by atoms with Crippen molar-refractivity contribution in [1.82, 2.24) is 4.31 Å². The number of rotatable bonds is 7. The predicted octanol–water partition coefficient (Wildman–Crippen LogP) is 1.88. The molecule has 0 radical (unpaired) electrons. The number of halogens is 1. The molecule has 2 aromatic carbocycles. The highest BCUT2D eigenvalue weighted by atomic mass is 32.2. The summed E-state index contributed by atoms with van der Waals surface area (Å²) in [7, 11) is 0.224. The third-order valence-corrected chi connectivity index (χ3v) is 5.44. The zero-order valence-electron chi connectivity index (χ0n) is 15.4. The van der Waals surface area contributed by atoms with E-state index in [0.29, 0.717) is 11.4 Å². The van der Waals surface area contributed by atoms with Crippen LogP contribution in [0.25, 0.3) is 0 Å². The number of amides is 1. The number of ether oxygens (including phenoxy) is 2. The van der Waals surface area contributed by atoms with E-state index in [9.17, 15) is 22.4 Å². The Hall–Kier alpha value is -2.98. The molecule has 28 heavy (non-hydrogen) atoms. The maximum Gasteiger partial charge on any atom is 0.341 e. The molecule has 8 nitrogen and oxygen atoms in total. The fraction of sp³-hybridized carbons (Fsp3) is 0.222. The molecule has 10 heteroatoms. The van der Waals surface area contributed by atoms with E-state index in [1.807, 2.05) is 0 Å². The molecular weight excluding hydrogens is 391 g/mol. The molecule has 0 atom stereocenters. The fourth-order valence-corrected chi connectivity index (χ4v) is 3.07. The summed E-state index contributed by atoms with van der Waals surface area (Å²) in [6.07, 6.45) is 0. The summed E-state index contributed by atoms with van der Waals surface area (Å²) in [5.74, 6) is -2.25. The summed E-state index contributed by atoms with van der Waals surface area (Å²) in [6, 6.07) is 9.28. The summed E-state index contributed by atoms with van der Waals surface area (Å²) >= 11 is 0. The first-order valence-electron chi connectivity index (χ1n) is 7.98. The van der Waals surface area contributed by atoms with Crippen LogP contribution < -0.4 is 10.1 Å². The van der Waals surface area contributed by atoms with Crippen LogP contribution in [0.3, 0.4) is 0 Å². The molecule has 0 aliphatic carbocycles. The van der Waals surface area contributed by atoms with Crippen molar-refractivity contribution in [2.45, 2.75) is 4.90 Å². The van der Waals surface area contributed by atoms with E-state index < -0.39 is 39.9 Å². The quantitative estimate of drug-likeness (QED) is 0.700. The first-order valence-corrected chi connectivity index (χ1v) is 9.42. The maximum absolute atomic E-state index is 13.9. The van der Waals surface area contributed by atoms with Gasteiger partial charge in [0, 0.05) is 25.8 Å². The normalized spacial score (nSPS) is 11.2. The highest BCUT2D eigenvalue weighted by Gasteiger charge is 2.22. The van der Waals surface area contributed by atoms with Gasteiger partial charge in [-0.15, -0.1) is 0 Å². The first kappa shape index (κ1) is 21.3. The maximum atomic E-state index is 13.9. The molecule has 2 rings (SSSR count). The molecule has 0 bridgehead atoms. The number of hydrogen-bond donors (Lipinski definition) is 1. The molecule has 0 fully saturated rings. The molecule has 2 aromatic rings. The van der Waals surface area contributed by atoms with Crippen LogP contribution in [0.1, 0.15) is 10.4 Å². The van der Waals surface area contributed by atoms with Crippen LogP contribution in [0, 0.1) is 5.82 Å². The van der Waals surface area contributed by atoms with Gasteiger partial charge in [-0.05, 0) is 30.3 Å². The summed E-state index contributed by atoms with van der Waals surface area (Å²) in [6.45, 7) is -0.680. The zero-order chi connectivity index (χ0) is 20.9. The number of sulfonamides is 1. The van der Waals surface area contributed by atoms with Gasteiger partial charge in [-0.1, -0.05) is 6.07 Å². The van der Waals surface area contributed by atoms with Crippen molar-refractivity contribution in [3.8, 4) is 5.75 Å². The Bertz CT molecular complexity index is 991. The van der Waals surface area contributed by atoms with Gasteiger partial charge in [-0.2, -0.15) is 0 Å². The van der Waals surface area contributed by atoms with Crippen LogP contribution in [-0.4, -0.2) is 52.4 Å². The summed E-state index contributed by atoms with van der Waals surface area (Å²) in [4.78, 5) is 23.8. The molecular formula is C18H19FN2O6S. The van der Waals surface area contributed by atoms with Crippen LogP contribution in [0.5, 0.6) is 5.75 Å². The van der Waals surface area contributed by atoms with Gasteiger partial charge in [-0.3, -0.25) is 4.79 Å². The highest BCUT2D eigenvalue weighted by molar-refractivity contribution is 7.89. The van der Waals surface area contributed by atoms with E-state index in [-0.39, 0.29) is 4.90 Å². The molecule has 0 aromatic heterocycles. The molecule has 0 aliphatic heterocycles. The molecule has 150 valence electrons. The van der Waals surface area contributed by atoms with E-state index in [1.165, 1.54) is 21.2 Å². The SMILES string of the molecule is COc1cccc(NC(=O)COC(=O)c2cc(S(=O)(=O)N(C)C)ccc2F)c1. The topological polar surface area (TPSA) is 102 Å². The van der Waals surface area contributed by atoms with Gasteiger partial charge >= 0.3 is 5.97 Å². The van der Waals surface area contributed by atoms with E-state index in [2.05, 4.69) is 5.32 Å². The van der Waals surface area contributed by atoms with Crippen LogP contribution >= 0.6 is 0 Å². The monoisotopic (exact) mass is 410 g/mol. The Morgan fingerprint density at radius 2 is 1.86 bits per heavy atom. The number of benzene rings is 2. The standard InChI is InChI=1S/C18H19FN2O6S/c1-21(2)28(24,25)14-7-8-16(19)15(10-14)18(23)27-11-17(22)20-12-5-4-6-13(9-12)26-3/h4-10H,11H2,1-3H3,(H,20,22). The lowest BCUT2D eigenvalue weighted by molar-refractivity contribution is -0.119. The van der Waals surface area contributed by atoms with Crippen LogP contribution in [0.15, 0.2) is 47.4 Å².